The fourth-order valence-electron chi connectivity index (χ4n) is 4.66. The zero-order valence-corrected chi connectivity index (χ0v) is 24.7. The van der Waals surface area contributed by atoms with Crippen molar-refractivity contribution in [1.29, 1.82) is 5.26 Å². The minimum atomic E-state index is -1.03. The summed E-state index contributed by atoms with van der Waals surface area (Å²) in [7, 11) is 1.32. The van der Waals surface area contributed by atoms with Gasteiger partial charge in [-0.3, -0.25) is 14.4 Å². The molecule has 0 spiro atoms. The molecule has 45 heavy (non-hydrogen) atoms. The van der Waals surface area contributed by atoms with Crippen LogP contribution < -0.4 is 26.8 Å². The number of esters is 1. The Labute approximate surface area is 259 Å². The van der Waals surface area contributed by atoms with Crippen LogP contribution in [0.3, 0.4) is 0 Å². The molecular weight excluding hydrogens is 576 g/mol. The highest BCUT2D eigenvalue weighted by Crippen LogP contribution is 2.25. The zero-order valence-electron chi connectivity index (χ0n) is 24.7. The third kappa shape index (κ3) is 8.92. The Morgan fingerprint density at radius 1 is 1.00 bits per heavy atom. The quantitative estimate of drug-likeness (QED) is 0.134. The molecule has 3 aromatic carbocycles. The van der Waals surface area contributed by atoms with Gasteiger partial charge in [0.2, 0.25) is 17.7 Å². The van der Waals surface area contributed by atoms with E-state index in [1.807, 2.05) is 24.3 Å². The molecule has 12 heteroatoms. The largest absolute Gasteiger partial charge is 0.489 e. The van der Waals surface area contributed by atoms with Crippen LogP contribution in [0.4, 0.5) is 0 Å². The van der Waals surface area contributed by atoms with Crippen LogP contribution in [0.15, 0.2) is 72.9 Å². The van der Waals surface area contributed by atoms with Crippen molar-refractivity contribution in [1.82, 2.24) is 15.6 Å². The highest BCUT2D eigenvalue weighted by molar-refractivity contribution is 5.91. The SMILES string of the molecule is COC(=O)c1cccc(COc2ccc3[nH]cc(C[C@@H](N)C(=O)N[C@@H](CCC(N)=O)C(=O)NCc4ccc(C#N)cc4)c3c2)c1. The van der Waals surface area contributed by atoms with E-state index in [9.17, 15) is 19.2 Å². The summed E-state index contributed by atoms with van der Waals surface area (Å²) in [6, 6.07) is 19.1. The van der Waals surface area contributed by atoms with Gasteiger partial charge in [0.15, 0.2) is 0 Å². The molecule has 0 bridgehead atoms. The van der Waals surface area contributed by atoms with Crippen molar-refractivity contribution in [2.75, 3.05) is 7.11 Å². The number of fused-ring (bicyclic) bond motifs is 1. The molecule has 3 amide bonds. The number of ether oxygens (including phenoxy) is 2. The van der Waals surface area contributed by atoms with Gasteiger partial charge in [0.25, 0.3) is 0 Å². The molecule has 0 radical (unpaired) electrons. The number of primary amides is 1. The van der Waals surface area contributed by atoms with Gasteiger partial charge in [0, 0.05) is 30.1 Å². The van der Waals surface area contributed by atoms with Crippen molar-refractivity contribution in [3.63, 3.8) is 0 Å². The number of aromatic nitrogens is 1. The topological polar surface area (TPSA) is 202 Å². The monoisotopic (exact) mass is 610 g/mol. The Morgan fingerprint density at radius 2 is 1.78 bits per heavy atom. The number of nitrogens with two attached hydrogens (primary N) is 2. The minimum absolute atomic E-state index is 0.00329. The van der Waals surface area contributed by atoms with Crippen LogP contribution in [0.25, 0.3) is 10.9 Å². The molecule has 0 fully saturated rings. The molecule has 12 nitrogen and oxygen atoms in total. The van der Waals surface area contributed by atoms with E-state index in [1.165, 1.54) is 7.11 Å². The lowest BCUT2D eigenvalue weighted by Gasteiger charge is -2.20. The normalized spacial score (nSPS) is 12.0. The highest BCUT2D eigenvalue weighted by Gasteiger charge is 2.25. The molecule has 0 unspecified atom stereocenters. The van der Waals surface area contributed by atoms with Crippen LogP contribution in [0.1, 0.15) is 45.5 Å². The number of hydrogen-bond acceptors (Lipinski definition) is 8. The summed E-state index contributed by atoms with van der Waals surface area (Å²) in [6.45, 7) is 0.383. The summed E-state index contributed by atoms with van der Waals surface area (Å²) in [5.74, 6) is -1.52. The van der Waals surface area contributed by atoms with E-state index in [1.54, 1.807) is 54.7 Å². The highest BCUT2D eigenvalue weighted by atomic mass is 16.5. The van der Waals surface area contributed by atoms with Crippen molar-refractivity contribution < 1.29 is 28.7 Å². The Hall–Kier alpha value is -5.67. The van der Waals surface area contributed by atoms with Gasteiger partial charge >= 0.3 is 5.97 Å². The lowest BCUT2D eigenvalue weighted by molar-refractivity contribution is -0.130. The second-order valence-electron chi connectivity index (χ2n) is 10.4. The van der Waals surface area contributed by atoms with E-state index < -0.39 is 35.8 Å². The van der Waals surface area contributed by atoms with E-state index in [2.05, 4.69) is 15.6 Å². The first-order valence-corrected chi connectivity index (χ1v) is 14.2. The van der Waals surface area contributed by atoms with Crippen LogP contribution in [0, 0.1) is 11.3 Å². The van der Waals surface area contributed by atoms with Crippen molar-refractivity contribution >= 4 is 34.6 Å². The van der Waals surface area contributed by atoms with Crippen molar-refractivity contribution in [3.05, 3.63) is 101 Å². The number of hydrogen-bond donors (Lipinski definition) is 5. The summed E-state index contributed by atoms with van der Waals surface area (Å²) < 4.78 is 10.7. The number of nitrogens with one attached hydrogen (secondary N) is 3. The molecular formula is C33H34N6O6. The Balaban J connectivity index is 1.39. The molecule has 0 saturated heterocycles. The molecule has 0 aliphatic carbocycles. The summed E-state index contributed by atoms with van der Waals surface area (Å²) in [4.78, 5) is 52.5. The average molecular weight is 611 g/mol. The summed E-state index contributed by atoms with van der Waals surface area (Å²) >= 11 is 0. The predicted molar refractivity (Wildman–Crippen MR) is 165 cm³/mol. The van der Waals surface area contributed by atoms with Gasteiger partial charge in [-0.1, -0.05) is 24.3 Å². The molecule has 0 saturated carbocycles. The van der Waals surface area contributed by atoms with Crippen molar-refractivity contribution in [2.45, 2.75) is 44.5 Å². The Morgan fingerprint density at radius 3 is 2.49 bits per heavy atom. The maximum absolute atomic E-state index is 13.1. The lowest BCUT2D eigenvalue weighted by Crippen LogP contribution is -2.52. The molecule has 232 valence electrons. The lowest BCUT2D eigenvalue weighted by atomic mass is 10.0. The number of H-pyrrole nitrogens is 1. The number of methoxy groups -OCH3 is 1. The van der Waals surface area contributed by atoms with Gasteiger partial charge < -0.3 is 36.6 Å². The molecule has 1 aromatic heterocycles. The van der Waals surface area contributed by atoms with E-state index in [0.29, 0.717) is 16.9 Å². The van der Waals surface area contributed by atoms with E-state index in [4.69, 9.17) is 26.2 Å². The zero-order chi connectivity index (χ0) is 32.3. The maximum atomic E-state index is 13.1. The summed E-state index contributed by atoms with van der Waals surface area (Å²) in [5, 5.41) is 15.2. The van der Waals surface area contributed by atoms with E-state index in [0.717, 1.165) is 27.6 Å². The number of amides is 3. The Kier molecular flexibility index (Phi) is 10.9. The fourth-order valence-corrected chi connectivity index (χ4v) is 4.66. The number of benzene rings is 3. The van der Waals surface area contributed by atoms with Crippen molar-refractivity contribution in [3.8, 4) is 11.8 Å². The first-order chi connectivity index (χ1) is 21.7. The van der Waals surface area contributed by atoms with Gasteiger partial charge in [-0.2, -0.15) is 5.26 Å². The summed E-state index contributed by atoms with van der Waals surface area (Å²) in [5.41, 5.74) is 15.6. The van der Waals surface area contributed by atoms with Crippen molar-refractivity contribution in [2.24, 2.45) is 11.5 Å². The molecule has 0 aliphatic heterocycles. The second-order valence-corrected chi connectivity index (χ2v) is 10.4. The maximum Gasteiger partial charge on any atom is 0.337 e. The number of nitrogens with zero attached hydrogens (tertiary/aromatic N) is 1. The Bertz CT molecular complexity index is 1730. The number of nitriles is 1. The number of carbonyl (C=O) groups is 4. The first kappa shape index (κ1) is 32.2. The molecule has 4 rings (SSSR count). The molecule has 7 N–H and O–H groups in total. The first-order valence-electron chi connectivity index (χ1n) is 14.2. The van der Waals surface area contributed by atoms with Crippen LogP contribution >= 0.6 is 0 Å². The van der Waals surface area contributed by atoms with Crippen LogP contribution in [0.5, 0.6) is 5.75 Å². The molecule has 4 aromatic rings. The number of rotatable bonds is 14. The van der Waals surface area contributed by atoms with Gasteiger partial charge in [0.1, 0.15) is 18.4 Å². The third-order valence-corrected chi connectivity index (χ3v) is 7.13. The molecule has 1 heterocycles. The van der Waals surface area contributed by atoms with E-state index >= 15 is 0 Å². The van der Waals surface area contributed by atoms with Crippen LogP contribution in [-0.2, 0) is 38.7 Å². The standard InChI is InChI=1S/C33H34N6O6/c1-44-33(43)23-4-2-3-22(13-23)19-45-25-9-10-28-26(15-25)24(18-37-28)14-27(35)31(41)39-29(11-12-30(36)40)32(42)38-17-21-7-5-20(16-34)6-8-21/h2-10,13,15,18,27,29,37H,11-12,14,17,19,35H2,1H3,(H2,36,40)(H,38,42)(H,39,41)/t27-,29+/m1/s1. The van der Waals surface area contributed by atoms with Gasteiger partial charge in [-0.25, -0.2) is 4.79 Å². The molecule has 2 atom stereocenters. The van der Waals surface area contributed by atoms with E-state index in [-0.39, 0.29) is 32.4 Å². The fraction of sp³-hybridized carbons (Fsp3) is 0.242. The average Bonchev–Trinajstić information content (AvgIpc) is 3.45. The minimum Gasteiger partial charge on any atom is -0.489 e. The van der Waals surface area contributed by atoms with Gasteiger partial charge in [0.05, 0.1) is 30.3 Å². The third-order valence-electron chi connectivity index (χ3n) is 7.13. The van der Waals surface area contributed by atoms with Gasteiger partial charge in [-0.05, 0) is 72.0 Å². The van der Waals surface area contributed by atoms with Crippen LogP contribution in [-0.4, -0.2) is 47.9 Å². The smallest absolute Gasteiger partial charge is 0.337 e. The summed E-state index contributed by atoms with van der Waals surface area (Å²) in [6.07, 6.45) is 1.81. The predicted octanol–water partition coefficient (Wildman–Crippen LogP) is 2.34. The second kappa shape index (κ2) is 15.2. The van der Waals surface area contributed by atoms with Gasteiger partial charge in [-0.15, -0.1) is 0 Å². The number of aromatic amines is 1. The molecule has 0 aliphatic rings. The van der Waals surface area contributed by atoms with Crippen LogP contribution in [0.2, 0.25) is 0 Å². The number of carbonyl (C=O) groups excluding carboxylic acids is 4.